The summed E-state index contributed by atoms with van der Waals surface area (Å²) in [5.41, 5.74) is 10.3. The lowest BCUT2D eigenvalue weighted by Gasteiger charge is -1.96. The Kier molecular flexibility index (Phi) is 12.8. The van der Waals surface area contributed by atoms with E-state index in [0.717, 1.165) is 6.08 Å². The zero-order valence-corrected chi connectivity index (χ0v) is 13.2. The average Bonchev–Trinajstić information content (AvgIpc) is 2.47. The van der Waals surface area contributed by atoms with E-state index in [1.165, 1.54) is 6.20 Å². The molecular weight excluding hydrogens is 330 g/mol. The van der Waals surface area contributed by atoms with Crippen molar-refractivity contribution in [1.29, 1.82) is 0 Å². The van der Waals surface area contributed by atoms with Crippen molar-refractivity contribution >= 4 is 43.1 Å². The maximum absolute atomic E-state index is 10.5. The van der Waals surface area contributed by atoms with Crippen LogP contribution in [-0.2, 0) is 9.59 Å². The molecule has 0 aliphatic carbocycles. The molecule has 1 aromatic heterocycles. The first kappa shape index (κ1) is 22.2. The molecule has 1 amide bonds. The van der Waals surface area contributed by atoms with E-state index < -0.39 is 23.9 Å². The maximum atomic E-state index is 10.5. The van der Waals surface area contributed by atoms with E-state index in [9.17, 15) is 14.4 Å². The van der Waals surface area contributed by atoms with Crippen LogP contribution in [-0.4, -0.2) is 44.8 Å². The van der Waals surface area contributed by atoms with E-state index in [1.54, 1.807) is 12.1 Å². The highest BCUT2D eigenvalue weighted by Crippen LogP contribution is 2.01. The minimum absolute atomic E-state index is 0.190. The van der Waals surface area contributed by atoms with Gasteiger partial charge in [-0.1, -0.05) is 6.58 Å². The number of pyridine rings is 1. The number of nitrogens with zero attached hydrogens (tertiary/aromatic N) is 1. The van der Waals surface area contributed by atoms with E-state index in [1.807, 2.05) is 0 Å². The zero-order valence-electron chi connectivity index (χ0n) is 11.4. The molecule has 1 atom stereocenters. The SMILES string of the molecule is C=CC(=O)O.NC(=O)c1ccc(S)nc1.NC(CS)C(=O)O. The van der Waals surface area contributed by atoms with Gasteiger partial charge in [-0.25, -0.2) is 9.78 Å². The van der Waals surface area contributed by atoms with Crippen LogP contribution in [0, 0.1) is 0 Å². The molecule has 1 heterocycles. The Balaban J connectivity index is 0. The zero-order chi connectivity index (χ0) is 17.7. The van der Waals surface area contributed by atoms with Gasteiger partial charge >= 0.3 is 11.9 Å². The number of nitrogens with two attached hydrogens (primary N) is 2. The highest BCUT2D eigenvalue weighted by molar-refractivity contribution is 7.80. The number of carboxylic acids is 2. The summed E-state index contributed by atoms with van der Waals surface area (Å²) in [6, 6.07) is 2.38. The topological polar surface area (TPSA) is 157 Å². The van der Waals surface area contributed by atoms with Crippen LogP contribution in [0.1, 0.15) is 10.4 Å². The van der Waals surface area contributed by atoms with Gasteiger partial charge < -0.3 is 21.7 Å². The lowest BCUT2D eigenvalue weighted by Crippen LogP contribution is -2.31. The second kappa shape index (κ2) is 12.7. The van der Waals surface area contributed by atoms with Gasteiger partial charge in [0.1, 0.15) is 6.04 Å². The molecule has 0 spiro atoms. The minimum atomic E-state index is -1.00. The maximum Gasteiger partial charge on any atom is 0.327 e. The van der Waals surface area contributed by atoms with Gasteiger partial charge in [0.05, 0.1) is 10.6 Å². The molecule has 10 heteroatoms. The smallest absolute Gasteiger partial charge is 0.327 e. The molecule has 0 aliphatic rings. The van der Waals surface area contributed by atoms with E-state index in [-0.39, 0.29) is 5.75 Å². The molecule has 0 radical (unpaired) electrons. The summed E-state index contributed by atoms with van der Waals surface area (Å²) in [7, 11) is 0. The van der Waals surface area contributed by atoms with Gasteiger partial charge in [-0.15, -0.1) is 12.6 Å². The Morgan fingerprint density at radius 1 is 1.36 bits per heavy atom. The van der Waals surface area contributed by atoms with Gasteiger partial charge in [0.15, 0.2) is 0 Å². The van der Waals surface area contributed by atoms with Crippen LogP contribution in [0.2, 0.25) is 0 Å². The molecule has 0 fully saturated rings. The summed E-state index contributed by atoms with van der Waals surface area (Å²) < 4.78 is 0. The summed E-state index contributed by atoms with van der Waals surface area (Å²) in [5, 5.41) is 16.2. The van der Waals surface area contributed by atoms with Gasteiger partial charge in [0.2, 0.25) is 5.91 Å². The van der Waals surface area contributed by atoms with Crippen molar-refractivity contribution in [3.05, 3.63) is 36.5 Å². The number of amides is 1. The number of carbonyl (C=O) groups is 3. The summed E-state index contributed by atoms with van der Waals surface area (Å²) >= 11 is 7.59. The Morgan fingerprint density at radius 3 is 2.05 bits per heavy atom. The van der Waals surface area contributed by atoms with Crippen LogP contribution in [0.4, 0.5) is 0 Å². The number of hydrogen-bond acceptors (Lipinski definition) is 7. The third-order valence-corrected chi connectivity index (χ3v) is 2.38. The van der Waals surface area contributed by atoms with Crippen LogP contribution in [0.15, 0.2) is 36.0 Å². The molecule has 8 nitrogen and oxygen atoms in total. The fraction of sp³-hybridized carbons (Fsp3) is 0.167. The van der Waals surface area contributed by atoms with Crippen molar-refractivity contribution < 1.29 is 24.6 Å². The van der Waals surface area contributed by atoms with Gasteiger partial charge in [-0.3, -0.25) is 9.59 Å². The number of hydrogen-bond donors (Lipinski definition) is 6. The Morgan fingerprint density at radius 2 is 1.86 bits per heavy atom. The predicted molar refractivity (Wildman–Crippen MR) is 87.3 cm³/mol. The summed E-state index contributed by atoms with van der Waals surface area (Å²) in [6.07, 6.45) is 2.23. The van der Waals surface area contributed by atoms with Gasteiger partial charge in [-0.05, 0) is 12.1 Å². The van der Waals surface area contributed by atoms with Crippen molar-refractivity contribution in [2.75, 3.05) is 5.75 Å². The molecule has 22 heavy (non-hydrogen) atoms. The van der Waals surface area contributed by atoms with Crippen LogP contribution in [0.5, 0.6) is 0 Å². The normalized spacial score (nSPS) is 9.95. The van der Waals surface area contributed by atoms with E-state index in [4.69, 9.17) is 21.7 Å². The van der Waals surface area contributed by atoms with E-state index in [2.05, 4.69) is 36.8 Å². The number of aliphatic carboxylic acids is 2. The standard InChI is InChI=1S/C6H6N2OS.C3H7NO2S.C3H4O2/c7-6(9)4-1-2-5(10)8-3-4;4-2(1-7)3(5)6;1-2-3(4)5/h1-3H,(H2,7,9)(H,8,10);2,7H,1,4H2,(H,5,6);2H,1H2,(H,4,5). The largest absolute Gasteiger partial charge is 0.480 e. The molecular formula is C12H17N3O5S2. The first-order chi connectivity index (χ1) is 10.1. The molecule has 0 saturated carbocycles. The predicted octanol–water partition coefficient (Wildman–Crippen LogP) is 0.0543. The number of carboxylic acid groups (broad SMARTS) is 2. The molecule has 1 unspecified atom stereocenters. The third-order valence-electron chi connectivity index (χ3n) is 1.72. The second-order valence-corrected chi connectivity index (χ2v) is 4.26. The molecule has 0 aromatic carbocycles. The van der Waals surface area contributed by atoms with Gasteiger partial charge in [0.25, 0.3) is 0 Å². The molecule has 1 aromatic rings. The van der Waals surface area contributed by atoms with Crippen molar-refractivity contribution in [3.8, 4) is 0 Å². The average molecular weight is 347 g/mol. The van der Waals surface area contributed by atoms with Crippen molar-refractivity contribution in [1.82, 2.24) is 4.98 Å². The molecule has 0 saturated heterocycles. The summed E-state index contributed by atoms with van der Waals surface area (Å²) in [6.45, 7) is 2.96. The molecule has 6 N–H and O–H groups in total. The minimum Gasteiger partial charge on any atom is -0.480 e. The molecule has 0 bridgehead atoms. The number of thiol groups is 2. The first-order valence-electron chi connectivity index (χ1n) is 5.55. The van der Waals surface area contributed by atoms with Crippen LogP contribution in [0.3, 0.4) is 0 Å². The highest BCUT2D eigenvalue weighted by atomic mass is 32.1. The number of rotatable bonds is 4. The molecule has 1 rings (SSSR count). The van der Waals surface area contributed by atoms with E-state index in [0.29, 0.717) is 10.6 Å². The van der Waals surface area contributed by atoms with Crippen molar-refractivity contribution in [2.45, 2.75) is 11.1 Å². The Hall–Kier alpha value is -2.04. The fourth-order valence-electron chi connectivity index (χ4n) is 0.610. The van der Waals surface area contributed by atoms with Crippen LogP contribution in [0.25, 0.3) is 0 Å². The monoisotopic (exact) mass is 347 g/mol. The Labute approximate surface area is 138 Å². The lowest BCUT2D eigenvalue weighted by atomic mass is 10.3. The van der Waals surface area contributed by atoms with E-state index >= 15 is 0 Å². The van der Waals surface area contributed by atoms with Crippen LogP contribution < -0.4 is 11.5 Å². The van der Waals surface area contributed by atoms with Crippen LogP contribution >= 0.6 is 25.3 Å². The van der Waals surface area contributed by atoms with Gasteiger partial charge in [0, 0.05) is 18.0 Å². The third kappa shape index (κ3) is 13.0. The quantitative estimate of drug-likeness (QED) is 0.332. The number of primary amides is 1. The van der Waals surface area contributed by atoms with Crippen molar-refractivity contribution in [2.24, 2.45) is 11.5 Å². The van der Waals surface area contributed by atoms with Gasteiger partial charge in [-0.2, -0.15) is 12.6 Å². The highest BCUT2D eigenvalue weighted by Gasteiger charge is 2.06. The fourth-order valence-corrected chi connectivity index (χ4v) is 0.898. The number of carbonyl (C=O) groups excluding carboxylic acids is 1. The molecule has 0 aliphatic heterocycles. The second-order valence-electron chi connectivity index (χ2n) is 3.44. The van der Waals surface area contributed by atoms with Crippen molar-refractivity contribution in [3.63, 3.8) is 0 Å². The molecule has 122 valence electrons. The number of aromatic nitrogens is 1. The summed E-state index contributed by atoms with van der Waals surface area (Å²) in [5.74, 6) is -2.27. The Bertz CT molecular complexity index is 508. The first-order valence-corrected chi connectivity index (χ1v) is 6.63. The lowest BCUT2D eigenvalue weighted by molar-refractivity contribution is -0.138. The summed E-state index contributed by atoms with van der Waals surface area (Å²) in [4.78, 5) is 33.2.